The van der Waals surface area contributed by atoms with Crippen molar-refractivity contribution in [3.63, 3.8) is 0 Å². The largest absolute Gasteiger partial charge is 0.394 e. The maximum absolute atomic E-state index is 13.1. The van der Waals surface area contributed by atoms with Crippen LogP contribution in [0.1, 0.15) is 232 Å². The second kappa shape index (κ2) is 42.0. The van der Waals surface area contributed by atoms with Crippen molar-refractivity contribution in [2.24, 2.45) is 0 Å². The fraction of sp³-hybridized carbons (Fsp3) is 0.904. The molecular formula is C52H99NO10. The van der Waals surface area contributed by atoms with Gasteiger partial charge in [-0.15, -0.1) is 0 Å². The number of nitrogens with one attached hydrogen (secondary N) is 1. The number of aliphatic hydroxyl groups is 7. The van der Waals surface area contributed by atoms with E-state index >= 15 is 0 Å². The van der Waals surface area contributed by atoms with Crippen molar-refractivity contribution in [1.82, 2.24) is 5.32 Å². The third-order valence-corrected chi connectivity index (χ3v) is 12.7. The smallest absolute Gasteiger partial charge is 0.249 e. The molecule has 9 unspecified atom stereocenters. The van der Waals surface area contributed by atoms with Crippen molar-refractivity contribution in [2.75, 3.05) is 13.2 Å². The molecule has 0 aliphatic carbocycles. The highest BCUT2D eigenvalue weighted by Gasteiger charge is 2.44. The van der Waals surface area contributed by atoms with Crippen molar-refractivity contribution >= 4 is 5.91 Å². The van der Waals surface area contributed by atoms with Crippen LogP contribution in [-0.4, -0.2) is 110 Å². The quantitative estimate of drug-likeness (QED) is 0.0216. The van der Waals surface area contributed by atoms with Gasteiger partial charge in [0.05, 0.1) is 25.4 Å². The highest BCUT2D eigenvalue weighted by atomic mass is 16.7. The third-order valence-electron chi connectivity index (χ3n) is 12.7. The van der Waals surface area contributed by atoms with Crippen LogP contribution >= 0.6 is 0 Å². The van der Waals surface area contributed by atoms with Crippen LogP contribution < -0.4 is 5.32 Å². The molecular weight excluding hydrogens is 799 g/mol. The van der Waals surface area contributed by atoms with E-state index in [4.69, 9.17) is 9.47 Å². The van der Waals surface area contributed by atoms with Crippen molar-refractivity contribution in [2.45, 2.75) is 287 Å². The summed E-state index contributed by atoms with van der Waals surface area (Å²) in [7, 11) is 0. The molecule has 1 saturated heterocycles. The van der Waals surface area contributed by atoms with Gasteiger partial charge in [-0.05, 0) is 64.2 Å². The van der Waals surface area contributed by atoms with Crippen LogP contribution in [0.4, 0.5) is 0 Å². The lowest BCUT2D eigenvalue weighted by atomic mass is 9.98. The molecule has 8 N–H and O–H groups in total. The van der Waals surface area contributed by atoms with E-state index in [1.54, 1.807) is 0 Å². The molecule has 1 aliphatic heterocycles. The zero-order chi connectivity index (χ0) is 46.2. The monoisotopic (exact) mass is 898 g/mol. The van der Waals surface area contributed by atoms with Crippen LogP contribution in [0.25, 0.3) is 0 Å². The van der Waals surface area contributed by atoms with E-state index in [0.717, 1.165) is 38.5 Å². The average Bonchev–Trinajstić information content (AvgIpc) is 3.28. The van der Waals surface area contributed by atoms with Gasteiger partial charge >= 0.3 is 0 Å². The number of aliphatic hydroxyl groups excluding tert-OH is 7. The molecule has 0 aromatic heterocycles. The van der Waals surface area contributed by atoms with Crippen molar-refractivity contribution in [3.05, 3.63) is 24.3 Å². The van der Waals surface area contributed by atoms with Crippen LogP contribution in [0.3, 0.4) is 0 Å². The molecule has 0 aromatic carbocycles. The van der Waals surface area contributed by atoms with Gasteiger partial charge in [0.15, 0.2) is 6.29 Å². The standard InChI is InChI=1S/C52H99NO10/c1-3-5-7-9-11-13-15-17-18-19-20-21-22-23-24-25-26-27-28-30-32-34-36-38-40-45(56)51(61)53-43(42-62-52-50(60)49(59)48(58)46(41-54)63-52)47(57)44(55)39-37-35-33-31-29-16-14-12-10-8-6-4-2/h17-18,31,33,43-50,52,54-60H,3-16,19-30,32,34-42H2,1-2H3,(H,53,61). The molecule has 0 saturated carbocycles. The van der Waals surface area contributed by atoms with Crippen LogP contribution in [0.15, 0.2) is 24.3 Å². The molecule has 372 valence electrons. The van der Waals surface area contributed by atoms with Gasteiger partial charge in [-0.1, -0.05) is 192 Å². The number of allylic oxidation sites excluding steroid dienone is 4. The highest BCUT2D eigenvalue weighted by molar-refractivity contribution is 5.80. The Labute approximate surface area is 384 Å². The molecule has 1 amide bonds. The summed E-state index contributed by atoms with van der Waals surface area (Å²) in [5.74, 6) is -0.705. The van der Waals surface area contributed by atoms with E-state index in [9.17, 15) is 40.5 Å². The summed E-state index contributed by atoms with van der Waals surface area (Å²) >= 11 is 0. The Bertz CT molecular complexity index is 1080. The summed E-state index contributed by atoms with van der Waals surface area (Å²) < 4.78 is 11.1. The molecule has 63 heavy (non-hydrogen) atoms. The Kier molecular flexibility index (Phi) is 39.7. The van der Waals surface area contributed by atoms with Gasteiger partial charge in [-0.2, -0.15) is 0 Å². The average molecular weight is 898 g/mol. The maximum atomic E-state index is 13.1. The van der Waals surface area contributed by atoms with Gasteiger partial charge < -0.3 is 50.5 Å². The van der Waals surface area contributed by atoms with E-state index in [2.05, 4.69) is 43.5 Å². The lowest BCUT2D eigenvalue weighted by Gasteiger charge is -2.40. The first-order valence-corrected chi connectivity index (χ1v) is 26.2. The Morgan fingerprint density at radius 3 is 1.37 bits per heavy atom. The molecule has 0 bridgehead atoms. The van der Waals surface area contributed by atoms with Gasteiger partial charge in [0.2, 0.25) is 5.91 Å². The minimum Gasteiger partial charge on any atom is -0.394 e. The Hall–Kier alpha value is -1.41. The van der Waals surface area contributed by atoms with Crippen molar-refractivity contribution in [1.29, 1.82) is 0 Å². The van der Waals surface area contributed by atoms with E-state index < -0.39 is 74.2 Å². The number of rotatable bonds is 44. The summed E-state index contributed by atoms with van der Waals surface area (Å²) in [6.07, 6.45) is 36.7. The molecule has 1 rings (SSSR count). The Balaban J connectivity index is 2.32. The fourth-order valence-electron chi connectivity index (χ4n) is 8.38. The molecule has 0 aromatic rings. The molecule has 0 radical (unpaired) electrons. The predicted molar refractivity (Wildman–Crippen MR) is 256 cm³/mol. The van der Waals surface area contributed by atoms with E-state index in [-0.39, 0.29) is 12.8 Å². The number of hydrogen-bond donors (Lipinski definition) is 8. The first-order chi connectivity index (χ1) is 30.7. The molecule has 9 atom stereocenters. The number of carbonyl (C=O) groups excluding carboxylic acids is 1. The van der Waals surface area contributed by atoms with Crippen molar-refractivity contribution < 1.29 is 50.0 Å². The number of unbranched alkanes of at least 4 members (excludes halogenated alkanes) is 28. The second-order valence-corrected chi connectivity index (χ2v) is 18.6. The summed E-state index contributed by atoms with van der Waals surface area (Å²) in [6, 6.07) is -1.18. The number of amides is 1. The van der Waals surface area contributed by atoms with Crippen molar-refractivity contribution in [3.8, 4) is 0 Å². The number of ether oxygens (including phenoxy) is 2. The number of hydrogen-bond acceptors (Lipinski definition) is 10. The predicted octanol–water partition coefficient (Wildman–Crippen LogP) is 9.79. The summed E-state index contributed by atoms with van der Waals surface area (Å²) in [4.78, 5) is 13.1. The normalized spacial score (nSPS) is 21.3. The third kappa shape index (κ3) is 31.2. The molecule has 0 spiro atoms. The minimum atomic E-state index is -1.67. The van der Waals surface area contributed by atoms with Crippen LogP contribution in [0, 0.1) is 0 Å². The summed E-state index contributed by atoms with van der Waals surface area (Å²) in [5, 5.41) is 75.8. The SMILES string of the molecule is CCCCCCCCC=CCCCCCCCCCCCCCCCCC(O)C(=O)NC(COC1OC(CO)C(O)C(O)C1O)C(O)C(O)CCCC=CCCCCCCCCC. The fourth-order valence-corrected chi connectivity index (χ4v) is 8.38. The molecule has 1 heterocycles. The van der Waals surface area contributed by atoms with E-state index in [0.29, 0.717) is 12.8 Å². The molecule has 1 fully saturated rings. The van der Waals surface area contributed by atoms with Crippen LogP contribution in [0.5, 0.6) is 0 Å². The first-order valence-electron chi connectivity index (χ1n) is 26.2. The van der Waals surface area contributed by atoms with Crippen LogP contribution in [0.2, 0.25) is 0 Å². The zero-order valence-corrected chi connectivity index (χ0v) is 40.3. The van der Waals surface area contributed by atoms with E-state index in [1.165, 1.54) is 154 Å². The van der Waals surface area contributed by atoms with Gasteiger partial charge in [-0.25, -0.2) is 0 Å². The van der Waals surface area contributed by atoms with Crippen LogP contribution in [-0.2, 0) is 14.3 Å². The minimum absolute atomic E-state index is 0.256. The summed E-state index contributed by atoms with van der Waals surface area (Å²) in [6.45, 7) is 3.42. The topological polar surface area (TPSA) is 189 Å². The van der Waals surface area contributed by atoms with Gasteiger partial charge in [-0.3, -0.25) is 4.79 Å². The maximum Gasteiger partial charge on any atom is 0.249 e. The first kappa shape index (κ1) is 59.6. The molecule has 1 aliphatic rings. The van der Waals surface area contributed by atoms with Gasteiger partial charge in [0, 0.05) is 0 Å². The molecule has 11 heteroatoms. The molecule has 11 nitrogen and oxygen atoms in total. The highest BCUT2D eigenvalue weighted by Crippen LogP contribution is 2.23. The number of carbonyl (C=O) groups is 1. The van der Waals surface area contributed by atoms with E-state index in [1.807, 2.05) is 0 Å². The Morgan fingerprint density at radius 1 is 0.540 bits per heavy atom. The van der Waals surface area contributed by atoms with Gasteiger partial charge in [0.25, 0.3) is 0 Å². The van der Waals surface area contributed by atoms with Gasteiger partial charge in [0.1, 0.15) is 36.6 Å². The lowest BCUT2D eigenvalue weighted by Crippen LogP contribution is -2.60. The summed E-state index contributed by atoms with van der Waals surface area (Å²) in [5.41, 5.74) is 0. The zero-order valence-electron chi connectivity index (χ0n) is 40.3. The Morgan fingerprint density at radius 2 is 0.937 bits per heavy atom. The second-order valence-electron chi connectivity index (χ2n) is 18.6. The lowest BCUT2D eigenvalue weighted by molar-refractivity contribution is -0.303.